The standard InChI is InChI=1S/C16H29NO3S/c1-21-12-8-3-2-7-11-17-14(18)13-16(15(19)20)9-5-4-6-10-16/h2-13H2,1H3,(H,17,18)(H,19,20). The highest BCUT2D eigenvalue weighted by molar-refractivity contribution is 7.98. The van der Waals surface area contributed by atoms with E-state index in [0.717, 1.165) is 32.1 Å². The molecule has 4 nitrogen and oxygen atoms in total. The van der Waals surface area contributed by atoms with Crippen molar-refractivity contribution in [2.24, 2.45) is 5.41 Å². The van der Waals surface area contributed by atoms with Crippen LogP contribution >= 0.6 is 11.8 Å². The molecule has 0 spiro atoms. The van der Waals surface area contributed by atoms with E-state index in [1.165, 1.54) is 18.6 Å². The normalized spacial score (nSPS) is 17.4. The van der Waals surface area contributed by atoms with Crippen LogP contribution < -0.4 is 5.32 Å². The van der Waals surface area contributed by atoms with Gasteiger partial charge in [0.05, 0.1) is 5.41 Å². The molecule has 0 aliphatic heterocycles. The first-order valence-corrected chi connectivity index (χ1v) is 9.49. The van der Waals surface area contributed by atoms with Gasteiger partial charge in [-0.3, -0.25) is 9.59 Å². The number of carboxylic acids is 1. The Morgan fingerprint density at radius 3 is 2.38 bits per heavy atom. The van der Waals surface area contributed by atoms with E-state index in [1.807, 2.05) is 11.8 Å². The van der Waals surface area contributed by atoms with Crippen molar-refractivity contribution in [1.29, 1.82) is 0 Å². The van der Waals surface area contributed by atoms with Crippen molar-refractivity contribution < 1.29 is 14.7 Å². The van der Waals surface area contributed by atoms with E-state index in [9.17, 15) is 14.7 Å². The van der Waals surface area contributed by atoms with Gasteiger partial charge in [-0.25, -0.2) is 0 Å². The van der Waals surface area contributed by atoms with Gasteiger partial charge < -0.3 is 10.4 Å². The Bertz CT molecular complexity index is 327. The number of amides is 1. The lowest BCUT2D eigenvalue weighted by Crippen LogP contribution is -2.39. The number of carbonyl (C=O) groups excluding carboxylic acids is 1. The van der Waals surface area contributed by atoms with Crippen LogP contribution in [0.5, 0.6) is 0 Å². The lowest BCUT2D eigenvalue weighted by atomic mass is 9.71. The van der Waals surface area contributed by atoms with Crippen molar-refractivity contribution in [2.45, 2.75) is 64.2 Å². The molecule has 1 fully saturated rings. The Morgan fingerprint density at radius 1 is 1.10 bits per heavy atom. The molecule has 1 aliphatic carbocycles. The van der Waals surface area contributed by atoms with E-state index < -0.39 is 11.4 Å². The SMILES string of the molecule is CSCCCCCCNC(=O)CC1(C(=O)O)CCCCC1. The second-order valence-corrected chi connectivity index (χ2v) is 7.07. The summed E-state index contributed by atoms with van der Waals surface area (Å²) in [6, 6.07) is 0. The highest BCUT2D eigenvalue weighted by Crippen LogP contribution is 2.39. The number of carbonyl (C=O) groups is 2. The maximum atomic E-state index is 12.0. The van der Waals surface area contributed by atoms with Crippen molar-refractivity contribution in [2.75, 3.05) is 18.6 Å². The smallest absolute Gasteiger partial charge is 0.310 e. The van der Waals surface area contributed by atoms with Gasteiger partial charge in [-0.1, -0.05) is 32.1 Å². The summed E-state index contributed by atoms with van der Waals surface area (Å²) in [7, 11) is 0. The van der Waals surface area contributed by atoms with Crippen LogP contribution in [0, 0.1) is 5.41 Å². The first-order valence-electron chi connectivity index (χ1n) is 8.10. The highest BCUT2D eigenvalue weighted by atomic mass is 32.2. The van der Waals surface area contributed by atoms with Gasteiger partial charge in [0.25, 0.3) is 0 Å². The maximum absolute atomic E-state index is 12.0. The van der Waals surface area contributed by atoms with E-state index in [4.69, 9.17) is 0 Å². The Hall–Kier alpha value is -0.710. The van der Waals surface area contributed by atoms with Gasteiger partial charge in [-0.15, -0.1) is 0 Å². The van der Waals surface area contributed by atoms with Crippen LogP contribution in [0.1, 0.15) is 64.2 Å². The topological polar surface area (TPSA) is 66.4 Å². The molecule has 2 N–H and O–H groups in total. The summed E-state index contributed by atoms with van der Waals surface area (Å²) in [6.45, 7) is 0.674. The van der Waals surface area contributed by atoms with Crippen molar-refractivity contribution in [3.63, 3.8) is 0 Å². The van der Waals surface area contributed by atoms with Crippen LogP contribution in [0.2, 0.25) is 0 Å². The summed E-state index contributed by atoms with van der Waals surface area (Å²) in [5.74, 6) is 0.311. The van der Waals surface area contributed by atoms with Crippen molar-refractivity contribution >= 4 is 23.6 Å². The predicted octanol–water partition coefficient (Wildman–Crippen LogP) is 3.45. The van der Waals surface area contributed by atoms with Gasteiger partial charge in [-0.05, 0) is 37.7 Å². The molecule has 0 aromatic rings. The molecule has 122 valence electrons. The van der Waals surface area contributed by atoms with Crippen LogP contribution in [-0.4, -0.2) is 35.5 Å². The zero-order valence-electron chi connectivity index (χ0n) is 13.2. The highest BCUT2D eigenvalue weighted by Gasteiger charge is 2.41. The zero-order chi connectivity index (χ0) is 15.6. The lowest BCUT2D eigenvalue weighted by molar-refractivity contribution is -0.154. The zero-order valence-corrected chi connectivity index (χ0v) is 14.0. The molecule has 1 aliphatic rings. The number of nitrogens with one attached hydrogen (secondary N) is 1. The molecular formula is C16H29NO3S. The monoisotopic (exact) mass is 315 g/mol. The van der Waals surface area contributed by atoms with E-state index >= 15 is 0 Å². The summed E-state index contributed by atoms with van der Waals surface area (Å²) in [4.78, 5) is 23.5. The molecule has 0 bridgehead atoms. The largest absolute Gasteiger partial charge is 0.481 e. The molecular weight excluding hydrogens is 286 g/mol. The van der Waals surface area contributed by atoms with Crippen LogP contribution in [-0.2, 0) is 9.59 Å². The van der Waals surface area contributed by atoms with Gasteiger partial charge in [-0.2, -0.15) is 11.8 Å². The van der Waals surface area contributed by atoms with E-state index in [0.29, 0.717) is 19.4 Å². The minimum atomic E-state index is -0.805. The molecule has 5 heteroatoms. The summed E-state index contributed by atoms with van der Waals surface area (Å²) in [5, 5.41) is 12.3. The Labute approximate surface area is 132 Å². The van der Waals surface area contributed by atoms with Gasteiger partial charge in [0, 0.05) is 13.0 Å². The molecule has 0 aromatic heterocycles. The van der Waals surface area contributed by atoms with E-state index in [1.54, 1.807) is 0 Å². The number of carboxylic acid groups (broad SMARTS) is 1. The van der Waals surface area contributed by atoms with Crippen LogP contribution in [0.4, 0.5) is 0 Å². The lowest BCUT2D eigenvalue weighted by Gasteiger charge is -2.32. The summed E-state index contributed by atoms with van der Waals surface area (Å²) in [6.07, 6.45) is 11.0. The Morgan fingerprint density at radius 2 is 1.76 bits per heavy atom. The molecule has 21 heavy (non-hydrogen) atoms. The Kier molecular flexibility index (Phi) is 8.81. The van der Waals surface area contributed by atoms with Gasteiger partial charge >= 0.3 is 5.97 Å². The fourth-order valence-corrected chi connectivity index (χ4v) is 3.51. The van der Waals surface area contributed by atoms with Crippen LogP contribution in [0.15, 0.2) is 0 Å². The molecule has 0 atom stereocenters. The number of hydrogen-bond donors (Lipinski definition) is 2. The number of thioether (sulfide) groups is 1. The molecule has 0 saturated heterocycles. The number of hydrogen-bond acceptors (Lipinski definition) is 3. The van der Waals surface area contributed by atoms with Crippen LogP contribution in [0.25, 0.3) is 0 Å². The van der Waals surface area contributed by atoms with Crippen LogP contribution in [0.3, 0.4) is 0 Å². The summed E-state index contributed by atoms with van der Waals surface area (Å²) >= 11 is 1.87. The first-order chi connectivity index (χ1) is 10.1. The molecule has 1 rings (SSSR count). The number of unbranched alkanes of at least 4 members (excludes halogenated alkanes) is 3. The minimum absolute atomic E-state index is 0.0941. The fraction of sp³-hybridized carbons (Fsp3) is 0.875. The van der Waals surface area contributed by atoms with Crippen molar-refractivity contribution in [3.05, 3.63) is 0 Å². The maximum Gasteiger partial charge on any atom is 0.310 e. The molecule has 0 radical (unpaired) electrons. The number of rotatable bonds is 10. The second kappa shape index (κ2) is 10.1. The fourth-order valence-electron chi connectivity index (χ4n) is 3.02. The summed E-state index contributed by atoms with van der Waals surface area (Å²) < 4.78 is 0. The molecule has 0 heterocycles. The van der Waals surface area contributed by atoms with Gasteiger partial charge in [0.2, 0.25) is 5.91 Å². The van der Waals surface area contributed by atoms with Gasteiger partial charge in [0.1, 0.15) is 0 Å². The molecule has 1 saturated carbocycles. The van der Waals surface area contributed by atoms with E-state index in [-0.39, 0.29) is 12.3 Å². The Balaban J connectivity index is 2.21. The average molecular weight is 315 g/mol. The first kappa shape index (κ1) is 18.3. The predicted molar refractivity (Wildman–Crippen MR) is 87.6 cm³/mol. The quantitative estimate of drug-likeness (QED) is 0.606. The van der Waals surface area contributed by atoms with E-state index in [2.05, 4.69) is 11.6 Å². The molecule has 0 unspecified atom stereocenters. The molecule has 0 aromatic carbocycles. The summed E-state index contributed by atoms with van der Waals surface area (Å²) in [5.41, 5.74) is -0.805. The molecule has 1 amide bonds. The third-order valence-corrected chi connectivity index (χ3v) is 5.06. The van der Waals surface area contributed by atoms with Crippen molar-refractivity contribution in [3.8, 4) is 0 Å². The number of aliphatic carboxylic acids is 1. The average Bonchev–Trinajstić information content (AvgIpc) is 2.47. The third-order valence-electron chi connectivity index (χ3n) is 4.36. The minimum Gasteiger partial charge on any atom is -0.481 e. The second-order valence-electron chi connectivity index (χ2n) is 6.08. The third kappa shape index (κ3) is 6.72. The van der Waals surface area contributed by atoms with Crippen molar-refractivity contribution in [1.82, 2.24) is 5.32 Å². The van der Waals surface area contributed by atoms with Gasteiger partial charge in [0.15, 0.2) is 0 Å².